The van der Waals surface area contributed by atoms with Gasteiger partial charge in [-0.05, 0) is 38.0 Å². The first-order valence-electron chi connectivity index (χ1n) is 6.07. The van der Waals surface area contributed by atoms with Gasteiger partial charge >= 0.3 is 0 Å². The second kappa shape index (κ2) is 4.63. The van der Waals surface area contributed by atoms with Crippen molar-refractivity contribution in [3.63, 3.8) is 0 Å². The molecule has 1 fully saturated rings. The van der Waals surface area contributed by atoms with Gasteiger partial charge < -0.3 is 15.4 Å². The summed E-state index contributed by atoms with van der Waals surface area (Å²) in [4.78, 5) is 6.83. The van der Waals surface area contributed by atoms with Gasteiger partial charge in [0.1, 0.15) is 5.82 Å². The minimum absolute atomic E-state index is 0.332. The van der Waals surface area contributed by atoms with Crippen LogP contribution in [0.5, 0.6) is 0 Å². The van der Waals surface area contributed by atoms with Gasteiger partial charge in [-0.1, -0.05) is 0 Å². The zero-order valence-corrected chi connectivity index (χ0v) is 10.9. The maximum atomic E-state index is 6.08. The highest BCUT2D eigenvalue weighted by Crippen LogP contribution is 2.23. The van der Waals surface area contributed by atoms with E-state index in [1.54, 1.807) is 0 Å². The summed E-state index contributed by atoms with van der Waals surface area (Å²) in [5.74, 6) is 1.06. The second-order valence-corrected chi connectivity index (χ2v) is 5.19. The van der Waals surface area contributed by atoms with Crippen molar-refractivity contribution in [1.82, 2.24) is 4.98 Å². The molecule has 0 aliphatic carbocycles. The lowest BCUT2D eigenvalue weighted by atomic mass is 9.96. The van der Waals surface area contributed by atoms with Gasteiger partial charge in [0.2, 0.25) is 0 Å². The van der Waals surface area contributed by atoms with Crippen LogP contribution < -0.4 is 10.6 Å². The molecule has 94 valence electrons. The lowest BCUT2D eigenvalue weighted by molar-refractivity contribution is 0.122. The van der Waals surface area contributed by atoms with Crippen LogP contribution >= 0.6 is 0 Å². The number of hydrogen-bond acceptors (Lipinski definition) is 4. The van der Waals surface area contributed by atoms with Crippen molar-refractivity contribution >= 4 is 5.82 Å². The molecule has 0 spiro atoms. The molecule has 4 nitrogen and oxygen atoms in total. The maximum Gasteiger partial charge on any atom is 0.131 e. The van der Waals surface area contributed by atoms with Gasteiger partial charge in [0.25, 0.3) is 0 Å². The fourth-order valence-corrected chi connectivity index (χ4v) is 2.03. The molecule has 1 aliphatic rings. The van der Waals surface area contributed by atoms with Gasteiger partial charge in [-0.2, -0.15) is 0 Å². The molecule has 0 unspecified atom stereocenters. The summed E-state index contributed by atoms with van der Waals surface area (Å²) in [5, 5.41) is 0. The number of ether oxygens (including phenoxy) is 1. The van der Waals surface area contributed by atoms with Crippen molar-refractivity contribution in [3.8, 4) is 0 Å². The van der Waals surface area contributed by atoms with Gasteiger partial charge in [0.15, 0.2) is 0 Å². The number of nitrogens with two attached hydrogens (primary N) is 1. The highest BCUT2D eigenvalue weighted by atomic mass is 16.5. The third kappa shape index (κ3) is 2.76. The number of anilines is 1. The summed E-state index contributed by atoms with van der Waals surface area (Å²) in [6, 6.07) is 2.14. The molecular formula is C13H21N3O. The zero-order valence-electron chi connectivity index (χ0n) is 10.9. The van der Waals surface area contributed by atoms with Crippen LogP contribution in [-0.4, -0.2) is 31.3 Å². The second-order valence-electron chi connectivity index (χ2n) is 5.19. The summed E-state index contributed by atoms with van der Waals surface area (Å²) in [7, 11) is 0. The van der Waals surface area contributed by atoms with Crippen LogP contribution in [0.1, 0.15) is 25.0 Å². The van der Waals surface area contributed by atoms with E-state index in [4.69, 9.17) is 10.5 Å². The number of morpholine rings is 1. The summed E-state index contributed by atoms with van der Waals surface area (Å²) in [6.07, 6.45) is 1.89. The minimum atomic E-state index is -0.332. The van der Waals surface area contributed by atoms with Gasteiger partial charge in [-0.25, -0.2) is 4.98 Å². The third-order valence-corrected chi connectivity index (χ3v) is 3.11. The number of rotatable bonds is 2. The number of nitrogens with zero attached hydrogens (tertiary/aromatic N) is 2. The van der Waals surface area contributed by atoms with Gasteiger partial charge in [0.05, 0.1) is 13.2 Å². The van der Waals surface area contributed by atoms with Gasteiger partial charge in [-0.15, -0.1) is 0 Å². The Morgan fingerprint density at radius 1 is 1.35 bits per heavy atom. The molecule has 2 heterocycles. The molecule has 0 aromatic carbocycles. The first-order valence-corrected chi connectivity index (χ1v) is 6.07. The van der Waals surface area contributed by atoms with Crippen molar-refractivity contribution in [2.75, 3.05) is 31.2 Å². The Hall–Kier alpha value is -1.13. The third-order valence-electron chi connectivity index (χ3n) is 3.11. The van der Waals surface area contributed by atoms with E-state index in [-0.39, 0.29) is 5.54 Å². The van der Waals surface area contributed by atoms with Crippen molar-refractivity contribution in [2.45, 2.75) is 26.3 Å². The minimum Gasteiger partial charge on any atom is -0.378 e. The Labute approximate surface area is 103 Å². The van der Waals surface area contributed by atoms with Crippen molar-refractivity contribution < 1.29 is 4.74 Å². The Morgan fingerprint density at radius 3 is 2.53 bits per heavy atom. The fraction of sp³-hybridized carbons (Fsp3) is 0.615. The molecule has 17 heavy (non-hydrogen) atoms. The quantitative estimate of drug-likeness (QED) is 0.842. The van der Waals surface area contributed by atoms with E-state index in [1.807, 2.05) is 20.0 Å². The van der Waals surface area contributed by atoms with Crippen LogP contribution in [0.3, 0.4) is 0 Å². The molecule has 0 atom stereocenters. The molecule has 2 N–H and O–H groups in total. The van der Waals surface area contributed by atoms with E-state index in [0.29, 0.717) is 0 Å². The summed E-state index contributed by atoms with van der Waals surface area (Å²) < 4.78 is 5.35. The first-order chi connectivity index (χ1) is 7.98. The van der Waals surface area contributed by atoms with Crippen LogP contribution in [0.4, 0.5) is 5.82 Å². The topological polar surface area (TPSA) is 51.4 Å². The van der Waals surface area contributed by atoms with Crippen LogP contribution in [-0.2, 0) is 10.3 Å². The molecule has 1 aromatic heterocycles. The monoisotopic (exact) mass is 235 g/mol. The Morgan fingerprint density at radius 2 is 2.00 bits per heavy atom. The van der Waals surface area contributed by atoms with Crippen molar-refractivity contribution in [2.24, 2.45) is 5.73 Å². The highest BCUT2D eigenvalue weighted by Gasteiger charge is 2.19. The van der Waals surface area contributed by atoms with Gasteiger partial charge in [-0.3, -0.25) is 0 Å². The number of pyridine rings is 1. The van der Waals surface area contributed by atoms with Crippen molar-refractivity contribution in [1.29, 1.82) is 0 Å². The van der Waals surface area contributed by atoms with Gasteiger partial charge in [0, 0.05) is 24.8 Å². The van der Waals surface area contributed by atoms with E-state index in [0.717, 1.165) is 37.7 Å². The van der Waals surface area contributed by atoms with Crippen LogP contribution in [0.2, 0.25) is 0 Å². The highest BCUT2D eigenvalue weighted by molar-refractivity contribution is 5.48. The SMILES string of the molecule is Cc1cc(C(C)(C)N)cnc1N1CCOCC1. The summed E-state index contributed by atoms with van der Waals surface area (Å²) in [6.45, 7) is 9.48. The molecule has 0 bridgehead atoms. The van der Waals surface area contributed by atoms with Crippen LogP contribution in [0.15, 0.2) is 12.3 Å². The fourth-order valence-electron chi connectivity index (χ4n) is 2.03. The first kappa shape index (κ1) is 12.3. The van der Waals surface area contributed by atoms with E-state index >= 15 is 0 Å². The number of aryl methyl sites for hydroxylation is 1. The number of hydrogen-bond donors (Lipinski definition) is 1. The summed E-state index contributed by atoms with van der Waals surface area (Å²) >= 11 is 0. The zero-order chi connectivity index (χ0) is 12.5. The molecule has 1 aliphatic heterocycles. The van der Waals surface area contributed by atoms with E-state index in [1.165, 1.54) is 5.56 Å². The summed E-state index contributed by atoms with van der Waals surface area (Å²) in [5.41, 5.74) is 8.01. The molecule has 1 aromatic rings. The lowest BCUT2D eigenvalue weighted by Crippen LogP contribution is -2.37. The predicted octanol–water partition coefficient (Wildman–Crippen LogP) is 1.42. The molecule has 0 saturated carbocycles. The standard InChI is InChI=1S/C13H21N3O/c1-10-8-11(13(2,3)14)9-15-12(10)16-4-6-17-7-5-16/h8-9H,4-7,14H2,1-3H3. The average Bonchev–Trinajstić information content (AvgIpc) is 2.29. The Kier molecular flexibility index (Phi) is 3.35. The Bertz CT molecular complexity index is 392. The largest absolute Gasteiger partial charge is 0.378 e. The van der Waals surface area contributed by atoms with Crippen molar-refractivity contribution in [3.05, 3.63) is 23.4 Å². The Balaban J connectivity index is 2.25. The van der Waals surface area contributed by atoms with E-state index in [2.05, 4.69) is 22.9 Å². The maximum absolute atomic E-state index is 6.08. The van der Waals surface area contributed by atoms with E-state index < -0.39 is 0 Å². The normalized spacial score (nSPS) is 17.3. The van der Waals surface area contributed by atoms with Crippen LogP contribution in [0, 0.1) is 6.92 Å². The molecule has 1 saturated heterocycles. The predicted molar refractivity (Wildman–Crippen MR) is 69.2 cm³/mol. The molecule has 4 heteroatoms. The van der Waals surface area contributed by atoms with E-state index in [9.17, 15) is 0 Å². The molecular weight excluding hydrogens is 214 g/mol. The van der Waals surface area contributed by atoms with Crippen LogP contribution in [0.25, 0.3) is 0 Å². The molecule has 0 amide bonds. The lowest BCUT2D eigenvalue weighted by Gasteiger charge is -2.30. The molecule has 0 radical (unpaired) electrons. The smallest absolute Gasteiger partial charge is 0.131 e. The average molecular weight is 235 g/mol. The number of aromatic nitrogens is 1. The molecule has 2 rings (SSSR count).